The van der Waals surface area contributed by atoms with Crippen molar-refractivity contribution in [3.63, 3.8) is 0 Å². The van der Waals surface area contributed by atoms with Crippen LogP contribution in [0.4, 0.5) is 0 Å². The summed E-state index contributed by atoms with van der Waals surface area (Å²) in [6.45, 7) is 11.1. The number of rotatable bonds is 5. The van der Waals surface area contributed by atoms with Crippen LogP contribution in [0.3, 0.4) is 0 Å². The van der Waals surface area contributed by atoms with Crippen molar-refractivity contribution in [3.05, 3.63) is 28.8 Å². The molecule has 0 aliphatic heterocycles. The van der Waals surface area contributed by atoms with Crippen molar-refractivity contribution in [2.24, 2.45) is 5.41 Å². The monoisotopic (exact) mass is 249 g/mol. The quantitative estimate of drug-likeness (QED) is 0.851. The number of hydrogen-bond donors (Lipinski definition) is 1. The van der Waals surface area contributed by atoms with Gasteiger partial charge in [-0.05, 0) is 49.9 Å². The number of aryl methyl sites for hydroxylation is 2. The molecule has 2 nitrogen and oxygen atoms in total. The summed E-state index contributed by atoms with van der Waals surface area (Å²) < 4.78 is 5.59. The topological polar surface area (TPSA) is 21.3 Å². The zero-order valence-electron chi connectivity index (χ0n) is 12.8. The van der Waals surface area contributed by atoms with Gasteiger partial charge in [0, 0.05) is 11.6 Å². The van der Waals surface area contributed by atoms with Gasteiger partial charge >= 0.3 is 0 Å². The van der Waals surface area contributed by atoms with E-state index in [1.807, 2.05) is 7.05 Å². The summed E-state index contributed by atoms with van der Waals surface area (Å²) in [4.78, 5) is 0. The Kier molecular flexibility index (Phi) is 4.80. The van der Waals surface area contributed by atoms with Crippen LogP contribution >= 0.6 is 0 Å². The maximum atomic E-state index is 5.59. The lowest BCUT2D eigenvalue weighted by atomic mass is 9.76. The predicted molar refractivity (Wildman–Crippen MR) is 78.3 cm³/mol. The summed E-state index contributed by atoms with van der Waals surface area (Å²) in [6.07, 6.45) is 1.12. The normalized spacial score (nSPS) is 13.5. The van der Waals surface area contributed by atoms with E-state index >= 15 is 0 Å². The highest BCUT2D eigenvalue weighted by molar-refractivity contribution is 5.45. The Morgan fingerprint density at radius 1 is 1.28 bits per heavy atom. The predicted octanol–water partition coefficient (Wildman–Crippen LogP) is 4.01. The van der Waals surface area contributed by atoms with Crippen LogP contribution in [0.25, 0.3) is 0 Å². The zero-order valence-corrected chi connectivity index (χ0v) is 12.8. The third-order valence-corrected chi connectivity index (χ3v) is 3.98. The lowest BCUT2D eigenvalue weighted by molar-refractivity contribution is 0.238. The summed E-state index contributed by atoms with van der Waals surface area (Å²) in [5.74, 6) is 0.994. The van der Waals surface area contributed by atoms with Crippen molar-refractivity contribution in [1.82, 2.24) is 5.32 Å². The van der Waals surface area contributed by atoms with E-state index < -0.39 is 0 Å². The summed E-state index contributed by atoms with van der Waals surface area (Å²) in [6, 6.07) is 4.66. The SMILES string of the molecule is CCC(C)(C)C(NC)c1c(C)cc(C)cc1OC. The van der Waals surface area contributed by atoms with Gasteiger partial charge < -0.3 is 10.1 Å². The molecule has 0 fully saturated rings. The number of methoxy groups -OCH3 is 1. The van der Waals surface area contributed by atoms with E-state index in [0.29, 0.717) is 6.04 Å². The Bertz CT molecular complexity index is 410. The molecule has 1 atom stereocenters. The maximum Gasteiger partial charge on any atom is 0.124 e. The van der Waals surface area contributed by atoms with E-state index in [9.17, 15) is 0 Å². The first-order chi connectivity index (χ1) is 8.37. The van der Waals surface area contributed by atoms with E-state index in [4.69, 9.17) is 4.74 Å². The lowest BCUT2D eigenvalue weighted by Crippen LogP contribution is -2.32. The van der Waals surface area contributed by atoms with E-state index in [2.05, 4.69) is 52.1 Å². The van der Waals surface area contributed by atoms with Gasteiger partial charge in [-0.1, -0.05) is 26.8 Å². The molecule has 1 N–H and O–H groups in total. The van der Waals surface area contributed by atoms with E-state index in [0.717, 1.165) is 12.2 Å². The van der Waals surface area contributed by atoms with Crippen molar-refractivity contribution in [2.45, 2.75) is 47.1 Å². The van der Waals surface area contributed by atoms with E-state index in [-0.39, 0.29) is 5.41 Å². The Morgan fingerprint density at radius 3 is 2.33 bits per heavy atom. The minimum Gasteiger partial charge on any atom is -0.496 e. The summed E-state index contributed by atoms with van der Waals surface area (Å²) in [5.41, 5.74) is 4.03. The van der Waals surface area contributed by atoms with Gasteiger partial charge in [0.25, 0.3) is 0 Å². The Balaban J connectivity index is 3.37. The second-order valence-electron chi connectivity index (χ2n) is 5.76. The molecule has 0 aromatic heterocycles. The maximum absolute atomic E-state index is 5.59. The third kappa shape index (κ3) is 2.86. The molecule has 0 aliphatic rings. The van der Waals surface area contributed by atoms with Crippen LogP contribution in [0.5, 0.6) is 5.75 Å². The van der Waals surface area contributed by atoms with Gasteiger partial charge in [-0.15, -0.1) is 0 Å². The lowest BCUT2D eigenvalue weighted by Gasteiger charge is -2.35. The fourth-order valence-electron chi connectivity index (χ4n) is 2.61. The van der Waals surface area contributed by atoms with Crippen LogP contribution in [0.2, 0.25) is 0 Å². The summed E-state index contributed by atoms with van der Waals surface area (Å²) in [5, 5.41) is 3.46. The Labute approximate surface area is 112 Å². The molecule has 102 valence electrons. The molecule has 2 heteroatoms. The number of nitrogens with one attached hydrogen (secondary N) is 1. The van der Waals surface area contributed by atoms with Gasteiger partial charge in [-0.2, -0.15) is 0 Å². The Hall–Kier alpha value is -1.02. The zero-order chi connectivity index (χ0) is 13.9. The van der Waals surface area contributed by atoms with Gasteiger partial charge in [0.2, 0.25) is 0 Å². The highest BCUT2D eigenvalue weighted by atomic mass is 16.5. The van der Waals surface area contributed by atoms with Gasteiger partial charge in [-0.25, -0.2) is 0 Å². The molecule has 0 saturated carbocycles. The Morgan fingerprint density at radius 2 is 1.89 bits per heavy atom. The van der Waals surface area contributed by atoms with Crippen LogP contribution < -0.4 is 10.1 Å². The van der Waals surface area contributed by atoms with Crippen LogP contribution in [0.1, 0.15) is 49.9 Å². The summed E-state index contributed by atoms with van der Waals surface area (Å²) >= 11 is 0. The van der Waals surface area contributed by atoms with E-state index in [1.54, 1.807) is 7.11 Å². The highest BCUT2D eigenvalue weighted by Crippen LogP contribution is 2.41. The molecule has 0 aliphatic carbocycles. The van der Waals surface area contributed by atoms with Crippen LogP contribution in [-0.2, 0) is 0 Å². The first-order valence-electron chi connectivity index (χ1n) is 6.69. The van der Waals surface area contributed by atoms with Gasteiger partial charge in [0.1, 0.15) is 5.75 Å². The molecule has 0 amide bonds. The average molecular weight is 249 g/mol. The van der Waals surface area contributed by atoms with Crippen molar-refractivity contribution in [3.8, 4) is 5.75 Å². The minimum absolute atomic E-state index is 0.196. The number of hydrogen-bond acceptors (Lipinski definition) is 2. The average Bonchev–Trinajstić information content (AvgIpc) is 2.31. The molecule has 0 saturated heterocycles. The second-order valence-corrected chi connectivity index (χ2v) is 5.76. The fraction of sp³-hybridized carbons (Fsp3) is 0.625. The molecule has 0 radical (unpaired) electrons. The van der Waals surface area contributed by atoms with Crippen LogP contribution in [-0.4, -0.2) is 14.2 Å². The van der Waals surface area contributed by atoms with Crippen molar-refractivity contribution in [1.29, 1.82) is 0 Å². The molecule has 1 rings (SSSR count). The highest BCUT2D eigenvalue weighted by Gasteiger charge is 2.31. The van der Waals surface area contributed by atoms with Crippen molar-refractivity contribution in [2.75, 3.05) is 14.2 Å². The second kappa shape index (κ2) is 5.75. The van der Waals surface area contributed by atoms with Crippen LogP contribution in [0, 0.1) is 19.3 Å². The molecule has 1 aromatic carbocycles. The summed E-state index contributed by atoms with van der Waals surface area (Å²) in [7, 11) is 3.78. The molecule has 18 heavy (non-hydrogen) atoms. The number of benzene rings is 1. The third-order valence-electron chi connectivity index (χ3n) is 3.98. The molecule has 0 heterocycles. The molecular weight excluding hydrogens is 222 g/mol. The molecule has 1 unspecified atom stereocenters. The standard InChI is InChI=1S/C16H27NO/c1-8-16(4,5)15(17-6)14-12(3)9-11(2)10-13(14)18-7/h9-10,15,17H,8H2,1-7H3. The molecular formula is C16H27NO. The van der Waals surface area contributed by atoms with Gasteiger partial charge in [0.15, 0.2) is 0 Å². The number of ether oxygens (including phenoxy) is 1. The first-order valence-corrected chi connectivity index (χ1v) is 6.69. The van der Waals surface area contributed by atoms with Crippen molar-refractivity contribution >= 4 is 0 Å². The molecule has 0 spiro atoms. The smallest absolute Gasteiger partial charge is 0.124 e. The first kappa shape index (κ1) is 15.0. The van der Waals surface area contributed by atoms with Crippen molar-refractivity contribution < 1.29 is 4.74 Å². The molecule has 0 bridgehead atoms. The van der Waals surface area contributed by atoms with Gasteiger partial charge in [0.05, 0.1) is 7.11 Å². The minimum atomic E-state index is 0.196. The molecule has 1 aromatic rings. The van der Waals surface area contributed by atoms with Crippen LogP contribution in [0.15, 0.2) is 12.1 Å². The largest absolute Gasteiger partial charge is 0.496 e. The van der Waals surface area contributed by atoms with Gasteiger partial charge in [-0.3, -0.25) is 0 Å². The fourth-order valence-corrected chi connectivity index (χ4v) is 2.61. The van der Waals surface area contributed by atoms with E-state index in [1.165, 1.54) is 16.7 Å².